The summed E-state index contributed by atoms with van der Waals surface area (Å²) in [6.45, 7) is 0. The van der Waals surface area contributed by atoms with Gasteiger partial charge in [0.05, 0.1) is 12.0 Å². The molecular formula is C17H13Cl2N3O4S. The van der Waals surface area contributed by atoms with E-state index in [2.05, 4.69) is 10.6 Å². The Morgan fingerprint density at radius 3 is 2.63 bits per heavy atom. The zero-order valence-corrected chi connectivity index (χ0v) is 16.2. The molecule has 0 heterocycles. The molecule has 140 valence electrons. The Morgan fingerprint density at radius 2 is 2.00 bits per heavy atom. The average Bonchev–Trinajstić information content (AvgIpc) is 2.60. The smallest absolute Gasteiger partial charge is 0.312 e. The van der Waals surface area contributed by atoms with E-state index in [9.17, 15) is 14.9 Å². The lowest BCUT2D eigenvalue weighted by Gasteiger charge is -2.09. The summed E-state index contributed by atoms with van der Waals surface area (Å²) in [6.07, 6.45) is 2.76. The molecule has 2 rings (SSSR count). The molecule has 0 aliphatic rings. The minimum absolute atomic E-state index is 0.0219. The molecule has 0 fully saturated rings. The SMILES string of the molecule is COc1ccc(NC(=S)NC(=O)/C=C/c2ccc(Cl)cc2Cl)cc1[N+](=O)[O-]. The minimum atomic E-state index is -0.579. The number of ether oxygens (including phenoxy) is 1. The van der Waals surface area contributed by atoms with Crippen molar-refractivity contribution >= 4 is 63.9 Å². The Kier molecular flexibility index (Phi) is 7.12. The Bertz CT molecular complexity index is 934. The van der Waals surface area contributed by atoms with Crippen LogP contribution in [0.1, 0.15) is 5.56 Å². The number of nitro groups is 1. The van der Waals surface area contributed by atoms with E-state index in [1.807, 2.05) is 0 Å². The van der Waals surface area contributed by atoms with Crippen LogP contribution in [0.3, 0.4) is 0 Å². The highest BCUT2D eigenvalue weighted by Crippen LogP contribution is 2.29. The number of rotatable bonds is 5. The van der Waals surface area contributed by atoms with Crippen LogP contribution in [-0.2, 0) is 4.79 Å². The maximum absolute atomic E-state index is 11.9. The number of benzene rings is 2. The topological polar surface area (TPSA) is 93.5 Å². The predicted molar refractivity (Wildman–Crippen MR) is 110 cm³/mol. The average molecular weight is 426 g/mol. The molecule has 0 saturated heterocycles. The summed E-state index contributed by atoms with van der Waals surface area (Å²) in [4.78, 5) is 22.4. The van der Waals surface area contributed by atoms with Gasteiger partial charge in [-0.15, -0.1) is 0 Å². The van der Waals surface area contributed by atoms with Crippen LogP contribution >= 0.6 is 35.4 Å². The van der Waals surface area contributed by atoms with Crippen LogP contribution < -0.4 is 15.4 Å². The normalized spacial score (nSPS) is 10.5. The Balaban J connectivity index is 2.01. The fraction of sp³-hybridized carbons (Fsp3) is 0.0588. The van der Waals surface area contributed by atoms with Crippen molar-refractivity contribution in [1.82, 2.24) is 5.32 Å². The second-order valence-corrected chi connectivity index (χ2v) is 6.34. The maximum Gasteiger partial charge on any atom is 0.312 e. The number of amides is 1. The maximum atomic E-state index is 11.9. The van der Waals surface area contributed by atoms with Crippen LogP contribution in [0.2, 0.25) is 10.0 Å². The van der Waals surface area contributed by atoms with Crippen LogP contribution in [-0.4, -0.2) is 23.1 Å². The van der Waals surface area contributed by atoms with Crippen LogP contribution in [0.4, 0.5) is 11.4 Å². The zero-order chi connectivity index (χ0) is 20.0. The van der Waals surface area contributed by atoms with Gasteiger partial charge in [-0.2, -0.15) is 0 Å². The molecule has 2 aromatic carbocycles. The molecule has 0 aromatic heterocycles. The molecule has 2 N–H and O–H groups in total. The third kappa shape index (κ3) is 5.92. The van der Waals surface area contributed by atoms with Gasteiger partial charge < -0.3 is 10.1 Å². The molecule has 0 aliphatic carbocycles. The summed E-state index contributed by atoms with van der Waals surface area (Å²) in [5, 5.41) is 17.0. The molecule has 0 unspecified atom stereocenters. The van der Waals surface area contributed by atoms with Gasteiger partial charge in [0.1, 0.15) is 0 Å². The number of anilines is 1. The Labute approximate surface area is 170 Å². The van der Waals surface area contributed by atoms with Crippen molar-refractivity contribution in [2.75, 3.05) is 12.4 Å². The van der Waals surface area contributed by atoms with E-state index in [1.165, 1.54) is 37.5 Å². The molecular weight excluding hydrogens is 413 g/mol. The molecule has 1 amide bonds. The van der Waals surface area contributed by atoms with E-state index in [0.29, 0.717) is 21.3 Å². The third-order valence-corrected chi connectivity index (χ3v) is 4.01. The van der Waals surface area contributed by atoms with Crippen molar-refractivity contribution < 1.29 is 14.5 Å². The van der Waals surface area contributed by atoms with Crippen molar-refractivity contribution in [3.63, 3.8) is 0 Å². The summed E-state index contributed by atoms with van der Waals surface area (Å²) in [6, 6.07) is 9.08. The van der Waals surface area contributed by atoms with Gasteiger partial charge in [0.15, 0.2) is 10.9 Å². The second-order valence-electron chi connectivity index (χ2n) is 5.09. The number of halogens is 2. The number of methoxy groups -OCH3 is 1. The first-order valence-electron chi connectivity index (χ1n) is 7.37. The van der Waals surface area contributed by atoms with E-state index >= 15 is 0 Å². The van der Waals surface area contributed by atoms with Gasteiger partial charge in [0, 0.05) is 27.9 Å². The zero-order valence-electron chi connectivity index (χ0n) is 13.9. The van der Waals surface area contributed by atoms with Crippen molar-refractivity contribution in [3.8, 4) is 5.75 Å². The molecule has 27 heavy (non-hydrogen) atoms. The summed E-state index contributed by atoms with van der Waals surface area (Å²) in [5.41, 5.74) is 0.715. The number of thiocarbonyl (C=S) groups is 1. The number of carbonyl (C=O) groups excluding carboxylic acids is 1. The summed E-state index contributed by atoms with van der Waals surface area (Å²) < 4.78 is 4.92. The van der Waals surface area contributed by atoms with Crippen LogP contribution in [0, 0.1) is 10.1 Å². The lowest BCUT2D eigenvalue weighted by molar-refractivity contribution is -0.385. The van der Waals surface area contributed by atoms with Crippen LogP contribution in [0.15, 0.2) is 42.5 Å². The highest BCUT2D eigenvalue weighted by Gasteiger charge is 2.15. The summed E-state index contributed by atoms with van der Waals surface area (Å²) >= 11 is 16.9. The van der Waals surface area contributed by atoms with Gasteiger partial charge in [0.2, 0.25) is 5.91 Å². The van der Waals surface area contributed by atoms with Crippen LogP contribution in [0.5, 0.6) is 5.75 Å². The fourth-order valence-electron chi connectivity index (χ4n) is 2.03. The molecule has 0 spiro atoms. The highest BCUT2D eigenvalue weighted by atomic mass is 35.5. The Morgan fingerprint density at radius 1 is 1.26 bits per heavy atom. The van der Waals surface area contributed by atoms with Gasteiger partial charge in [-0.1, -0.05) is 29.3 Å². The van der Waals surface area contributed by atoms with Gasteiger partial charge in [-0.05, 0) is 48.1 Å². The molecule has 2 aromatic rings. The molecule has 10 heteroatoms. The number of nitro benzene ring substituents is 1. The summed E-state index contributed by atoms with van der Waals surface area (Å²) in [5.74, 6) is -0.384. The van der Waals surface area contributed by atoms with E-state index in [1.54, 1.807) is 18.2 Å². The number of nitrogens with one attached hydrogen (secondary N) is 2. The number of hydrogen-bond acceptors (Lipinski definition) is 5. The lowest BCUT2D eigenvalue weighted by Crippen LogP contribution is -2.32. The molecule has 0 radical (unpaired) electrons. The summed E-state index contributed by atoms with van der Waals surface area (Å²) in [7, 11) is 1.33. The molecule has 0 aliphatic heterocycles. The van der Waals surface area contributed by atoms with E-state index in [0.717, 1.165) is 0 Å². The van der Waals surface area contributed by atoms with Crippen molar-refractivity contribution in [2.45, 2.75) is 0 Å². The number of hydrogen-bond donors (Lipinski definition) is 2. The largest absolute Gasteiger partial charge is 0.490 e. The van der Waals surface area contributed by atoms with Crippen molar-refractivity contribution in [3.05, 3.63) is 68.2 Å². The first kappa shape index (κ1) is 20.6. The molecule has 7 nitrogen and oxygen atoms in total. The first-order chi connectivity index (χ1) is 12.8. The standard InChI is InChI=1S/C17H13Cl2N3O4S/c1-26-15-6-5-12(9-14(15)22(24)25)20-17(27)21-16(23)7-3-10-2-4-11(18)8-13(10)19/h2-9H,1H3,(H2,20,21,23,27)/b7-3+. The van der Waals surface area contributed by atoms with E-state index in [-0.39, 0.29) is 16.5 Å². The fourth-order valence-corrected chi connectivity index (χ4v) is 2.72. The monoisotopic (exact) mass is 425 g/mol. The number of carbonyl (C=O) groups is 1. The predicted octanol–water partition coefficient (Wildman–Crippen LogP) is 4.44. The lowest BCUT2D eigenvalue weighted by atomic mass is 10.2. The van der Waals surface area contributed by atoms with Crippen LogP contribution in [0.25, 0.3) is 6.08 Å². The van der Waals surface area contributed by atoms with Gasteiger partial charge in [-0.3, -0.25) is 20.2 Å². The Hall–Kier alpha value is -2.68. The molecule has 0 atom stereocenters. The first-order valence-corrected chi connectivity index (χ1v) is 8.54. The second kappa shape index (κ2) is 9.31. The molecule has 0 saturated carbocycles. The van der Waals surface area contributed by atoms with Gasteiger partial charge in [-0.25, -0.2) is 0 Å². The minimum Gasteiger partial charge on any atom is -0.490 e. The highest BCUT2D eigenvalue weighted by molar-refractivity contribution is 7.80. The van der Waals surface area contributed by atoms with E-state index in [4.69, 9.17) is 40.2 Å². The quantitative estimate of drug-likeness (QED) is 0.318. The number of nitrogens with zero attached hydrogens (tertiary/aromatic N) is 1. The van der Waals surface area contributed by atoms with E-state index < -0.39 is 10.8 Å². The van der Waals surface area contributed by atoms with Gasteiger partial charge in [0.25, 0.3) is 0 Å². The van der Waals surface area contributed by atoms with Gasteiger partial charge >= 0.3 is 5.69 Å². The van der Waals surface area contributed by atoms with Crippen molar-refractivity contribution in [1.29, 1.82) is 0 Å². The van der Waals surface area contributed by atoms with Crippen molar-refractivity contribution in [2.24, 2.45) is 0 Å². The molecule has 0 bridgehead atoms. The third-order valence-electron chi connectivity index (χ3n) is 3.25.